The molecule has 0 radical (unpaired) electrons. The molecular formula is C13H13NO3S. The molecule has 2 rings (SSSR count). The van der Waals surface area contributed by atoms with Crippen molar-refractivity contribution in [1.82, 2.24) is 5.32 Å². The predicted molar refractivity (Wildman–Crippen MR) is 70.0 cm³/mol. The van der Waals surface area contributed by atoms with Crippen molar-refractivity contribution >= 4 is 17.2 Å². The van der Waals surface area contributed by atoms with Gasteiger partial charge >= 0.3 is 0 Å². The first-order chi connectivity index (χ1) is 8.58. The second-order valence-corrected chi connectivity index (χ2v) is 4.74. The Morgan fingerprint density at radius 3 is 2.67 bits per heavy atom. The zero-order valence-electron chi connectivity index (χ0n) is 9.75. The molecule has 0 fully saturated rings. The molecule has 1 aromatic carbocycles. The zero-order chi connectivity index (χ0) is 13.1. The summed E-state index contributed by atoms with van der Waals surface area (Å²) in [6.07, 6.45) is 0. The van der Waals surface area contributed by atoms with Crippen LogP contribution in [0.3, 0.4) is 0 Å². The zero-order valence-corrected chi connectivity index (χ0v) is 10.6. The molecule has 1 aromatic heterocycles. The van der Waals surface area contributed by atoms with Gasteiger partial charge < -0.3 is 15.5 Å². The van der Waals surface area contributed by atoms with Gasteiger partial charge in [0.05, 0.1) is 6.04 Å². The molecule has 0 aliphatic heterocycles. The fourth-order valence-electron chi connectivity index (χ4n) is 1.55. The fourth-order valence-corrected chi connectivity index (χ4v) is 2.30. The Balaban J connectivity index is 2.10. The third-order valence-corrected chi connectivity index (χ3v) is 3.33. The number of phenols is 2. The van der Waals surface area contributed by atoms with E-state index < -0.39 is 0 Å². The molecule has 94 valence electrons. The van der Waals surface area contributed by atoms with Crippen molar-refractivity contribution in [2.45, 2.75) is 13.0 Å². The lowest BCUT2D eigenvalue weighted by Gasteiger charge is -2.12. The third kappa shape index (κ3) is 2.62. The molecule has 0 aliphatic rings. The number of aromatic hydroxyl groups is 2. The predicted octanol–water partition coefficient (Wildman–Crippen LogP) is 2.65. The van der Waals surface area contributed by atoms with Gasteiger partial charge in [-0.1, -0.05) is 0 Å². The molecule has 2 aromatic rings. The average Bonchev–Trinajstić information content (AvgIpc) is 2.86. The lowest BCUT2D eigenvalue weighted by atomic mass is 10.1. The molecule has 1 atom stereocenters. The van der Waals surface area contributed by atoms with Crippen LogP contribution in [-0.2, 0) is 0 Å². The minimum Gasteiger partial charge on any atom is -0.504 e. The first kappa shape index (κ1) is 12.4. The molecule has 4 nitrogen and oxygen atoms in total. The van der Waals surface area contributed by atoms with Crippen LogP contribution in [-0.4, -0.2) is 16.1 Å². The summed E-state index contributed by atoms with van der Waals surface area (Å²) in [5.41, 5.74) is 1.35. The molecule has 0 saturated carbocycles. The molecule has 0 bridgehead atoms. The van der Waals surface area contributed by atoms with E-state index in [0.717, 1.165) is 5.56 Å². The van der Waals surface area contributed by atoms with Gasteiger partial charge in [0.25, 0.3) is 5.91 Å². The van der Waals surface area contributed by atoms with Crippen molar-refractivity contribution < 1.29 is 15.0 Å². The summed E-state index contributed by atoms with van der Waals surface area (Å²) in [5.74, 6) is -0.827. The van der Waals surface area contributed by atoms with Crippen molar-refractivity contribution in [3.63, 3.8) is 0 Å². The van der Waals surface area contributed by atoms with Gasteiger partial charge in [-0.2, -0.15) is 11.3 Å². The van der Waals surface area contributed by atoms with E-state index in [2.05, 4.69) is 5.32 Å². The smallest absolute Gasteiger partial charge is 0.251 e. The fraction of sp³-hybridized carbons (Fsp3) is 0.154. The largest absolute Gasteiger partial charge is 0.504 e. The number of nitrogens with one attached hydrogen (secondary N) is 1. The normalized spacial score (nSPS) is 12.1. The number of benzene rings is 1. The highest BCUT2D eigenvalue weighted by atomic mass is 32.1. The Morgan fingerprint density at radius 2 is 2.06 bits per heavy atom. The number of hydrogen-bond donors (Lipinski definition) is 3. The molecule has 18 heavy (non-hydrogen) atoms. The Hall–Kier alpha value is -2.01. The van der Waals surface area contributed by atoms with Crippen LogP contribution in [0.5, 0.6) is 11.5 Å². The number of phenolic OH excluding ortho intramolecular Hbond substituents is 2. The quantitative estimate of drug-likeness (QED) is 0.746. The maximum atomic E-state index is 11.9. The SMILES string of the molecule is CC(NC(=O)c1ccc(O)c(O)c1)c1ccsc1. The van der Waals surface area contributed by atoms with Crippen LogP contribution in [0.2, 0.25) is 0 Å². The number of carbonyl (C=O) groups is 1. The number of hydrogen-bond acceptors (Lipinski definition) is 4. The Labute approximate surface area is 109 Å². The minimum absolute atomic E-state index is 0.0975. The van der Waals surface area contributed by atoms with E-state index in [4.69, 9.17) is 0 Å². The van der Waals surface area contributed by atoms with E-state index in [1.54, 1.807) is 11.3 Å². The van der Waals surface area contributed by atoms with Gasteiger partial charge in [-0.05, 0) is 47.5 Å². The van der Waals surface area contributed by atoms with Crippen LogP contribution in [0.15, 0.2) is 35.0 Å². The van der Waals surface area contributed by atoms with E-state index >= 15 is 0 Å². The second kappa shape index (κ2) is 5.10. The molecule has 5 heteroatoms. The molecular weight excluding hydrogens is 250 g/mol. The number of carbonyl (C=O) groups excluding carboxylic acids is 1. The van der Waals surface area contributed by atoms with Crippen molar-refractivity contribution in [3.05, 3.63) is 46.2 Å². The van der Waals surface area contributed by atoms with Crippen molar-refractivity contribution in [2.24, 2.45) is 0 Å². The van der Waals surface area contributed by atoms with Crippen LogP contribution in [0.1, 0.15) is 28.9 Å². The molecule has 1 heterocycles. The first-order valence-electron chi connectivity index (χ1n) is 5.43. The van der Waals surface area contributed by atoms with Gasteiger partial charge in [0.15, 0.2) is 11.5 Å². The number of amides is 1. The van der Waals surface area contributed by atoms with E-state index in [9.17, 15) is 15.0 Å². The highest BCUT2D eigenvalue weighted by Gasteiger charge is 2.13. The molecule has 0 spiro atoms. The number of rotatable bonds is 3. The van der Waals surface area contributed by atoms with Crippen LogP contribution >= 0.6 is 11.3 Å². The van der Waals surface area contributed by atoms with Crippen LogP contribution in [0.25, 0.3) is 0 Å². The van der Waals surface area contributed by atoms with Crippen molar-refractivity contribution in [1.29, 1.82) is 0 Å². The van der Waals surface area contributed by atoms with Gasteiger partial charge in [0.1, 0.15) is 0 Å². The van der Waals surface area contributed by atoms with Gasteiger partial charge in [0.2, 0.25) is 0 Å². The highest BCUT2D eigenvalue weighted by molar-refractivity contribution is 7.07. The van der Waals surface area contributed by atoms with E-state index in [1.165, 1.54) is 18.2 Å². The number of thiophene rings is 1. The lowest BCUT2D eigenvalue weighted by Crippen LogP contribution is -2.26. The average molecular weight is 263 g/mol. The maximum Gasteiger partial charge on any atom is 0.251 e. The van der Waals surface area contributed by atoms with Gasteiger partial charge in [-0.3, -0.25) is 4.79 Å². The lowest BCUT2D eigenvalue weighted by molar-refractivity contribution is 0.0939. The van der Waals surface area contributed by atoms with Gasteiger partial charge in [-0.15, -0.1) is 0 Å². The van der Waals surface area contributed by atoms with Gasteiger partial charge in [0, 0.05) is 5.56 Å². The van der Waals surface area contributed by atoms with Crippen LogP contribution in [0.4, 0.5) is 0 Å². The van der Waals surface area contributed by atoms with Gasteiger partial charge in [-0.25, -0.2) is 0 Å². The van der Waals surface area contributed by atoms with Crippen molar-refractivity contribution in [2.75, 3.05) is 0 Å². The standard InChI is InChI=1S/C13H13NO3S/c1-8(10-4-5-18-7-10)14-13(17)9-2-3-11(15)12(16)6-9/h2-8,15-16H,1H3,(H,14,17). The van der Waals surface area contributed by atoms with Crippen LogP contribution < -0.4 is 5.32 Å². The topological polar surface area (TPSA) is 69.6 Å². The summed E-state index contributed by atoms with van der Waals surface area (Å²) in [6.45, 7) is 1.89. The Morgan fingerprint density at radius 1 is 1.28 bits per heavy atom. The summed E-state index contributed by atoms with van der Waals surface area (Å²) >= 11 is 1.57. The summed E-state index contributed by atoms with van der Waals surface area (Å²) in [7, 11) is 0. The summed E-state index contributed by atoms with van der Waals surface area (Å²) in [4.78, 5) is 11.9. The Kier molecular flexibility index (Phi) is 3.53. The molecule has 1 amide bonds. The van der Waals surface area contributed by atoms with E-state index in [0.29, 0.717) is 5.56 Å². The van der Waals surface area contributed by atoms with E-state index in [-0.39, 0.29) is 23.4 Å². The molecule has 1 unspecified atom stereocenters. The summed E-state index contributed by atoms with van der Waals surface area (Å²) in [5, 5.41) is 25.3. The van der Waals surface area contributed by atoms with Crippen LogP contribution in [0, 0.1) is 0 Å². The monoisotopic (exact) mass is 263 g/mol. The summed E-state index contributed by atoms with van der Waals surface area (Å²) < 4.78 is 0. The first-order valence-corrected chi connectivity index (χ1v) is 6.37. The Bertz CT molecular complexity index is 551. The minimum atomic E-state index is -0.300. The van der Waals surface area contributed by atoms with E-state index in [1.807, 2.05) is 23.8 Å². The third-order valence-electron chi connectivity index (χ3n) is 2.63. The summed E-state index contributed by atoms with van der Waals surface area (Å²) in [6, 6.07) is 5.85. The molecule has 3 N–H and O–H groups in total. The highest BCUT2D eigenvalue weighted by Crippen LogP contribution is 2.25. The molecule has 0 saturated heterocycles. The second-order valence-electron chi connectivity index (χ2n) is 3.96. The van der Waals surface area contributed by atoms with Crippen molar-refractivity contribution in [3.8, 4) is 11.5 Å². The molecule has 0 aliphatic carbocycles. The maximum absolute atomic E-state index is 11.9.